The third kappa shape index (κ3) is 9.53. The molecule has 12 aliphatic rings. The third-order valence-corrected chi connectivity index (χ3v) is 16.6. The Bertz CT molecular complexity index is 2910. The minimum atomic E-state index is -0.329. The van der Waals surface area contributed by atoms with Crippen molar-refractivity contribution in [3.63, 3.8) is 0 Å². The number of amides is 3. The number of carbonyl (C=O) groups excluding carboxylic acids is 3. The van der Waals surface area contributed by atoms with Gasteiger partial charge in [0.2, 0.25) is 0 Å². The molecule has 1 aromatic heterocycles. The van der Waals surface area contributed by atoms with Gasteiger partial charge in [0.15, 0.2) is 0 Å². The summed E-state index contributed by atoms with van der Waals surface area (Å²) in [5, 5.41) is 13.4. The predicted molar refractivity (Wildman–Crippen MR) is 300 cm³/mol. The van der Waals surface area contributed by atoms with E-state index in [2.05, 4.69) is 146 Å². The van der Waals surface area contributed by atoms with E-state index in [0.717, 1.165) is 124 Å². The molecule has 372 valence electrons. The Hall–Kier alpha value is -6.45. The van der Waals surface area contributed by atoms with Crippen molar-refractivity contribution in [2.75, 3.05) is 21.3 Å². The minimum Gasteiger partial charge on any atom is -0.344 e. The van der Waals surface area contributed by atoms with E-state index in [9.17, 15) is 14.4 Å². The molecule has 0 unspecified atom stereocenters. The lowest BCUT2D eigenvalue weighted by Gasteiger charge is -2.40. The second-order valence-electron chi connectivity index (χ2n) is 22.5. The summed E-state index contributed by atoms with van der Waals surface area (Å²) in [4.78, 5) is 48.4. The number of carbonyl (C=O) groups is 3. The molecule has 3 amide bonds. The lowest BCUT2D eigenvalue weighted by atomic mass is 9.64. The number of hydrogen-bond acceptors (Lipinski definition) is 5. The standard InChI is InChI=1S/C63H71N5O3S/c1-36-25-47-26-37(2)53(36)65-57(69)44-33-45(35-46(34-44)61(9,10)11)58(70)66-54-38(3)27-48(28-39(54)4)63(23-16-13-17-24-63)50-31-42(7)56(43(8)32-50)68-60(72)52-20-18-19-51(64-52)59(71)67-55-40(5)29-49(30-41(55)6)62(47)21-14-12-15-22-62/h18-20,25-35H,12-17,21-24H2,1-11H3,(H,65,69)(H,66,70)(H,67,71)(H,68,72). The van der Waals surface area contributed by atoms with E-state index in [1.807, 2.05) is 24.3 Å². The van der Waals surface area contributed by atoms with E-state index < -0.39 is 0 Å². The van der Waals surface area contributed by atoms with Gasteiger partial charge >= 0.3 is 0 Å². The molecule has 2 saturated carbocycles. The lowest BCUT2D eigenvalue weighted by molar-refractivity contribution is 0.101. The van der Waals surface area contributed by atoms with Gasteiger partial charge < -0.3 is 21.3 Å². The van der Waals surface area contributed by atoms with Gasteiger partial charge in [-0.2, -0.15) is 0 Å². The molecule has 72 heavy (non-hydrogen) atoms. The molecule has 12 bridgehead atoms. The number of nitrogens with zero attached hydrogens (tertiary/aromatic N) is 1. The topological polar surface area (TPSA) is 112 Å². The zero-order valence-corrected chi connectivity index (χ0v) is 45.1. The summed E-state index contributed by atoms with van der Waals surface area (Å²) in [6, 6.07) is 29.2. The number of pyridine rings is 1. The third-order valence-electron chi connectivity index (χ3n) is 16.2. The Morgan fingerprint density at radius 1 is 0.431 bits per heavy atom. The average molecular weight is 978 g/mol. The molecule has 4 N–H and O–H groups in total. The summed E-state index contributed by atoms with van der Waals surface area (Å²) in [7, 11) is 0. The average Bonchev–Trinajstić information content (AvgIpc) is 3.35. The Balaban J connectivity index is 1.17. The first-order valence-electron chi connectivity index (χ1n) is 26.0. The SMILES string of the molecule is Cc1cc2cc(C)c1NC(=O)c1cc(cc(C(C)(C)C)c1)C(=O)Nc1c(C)cc(cc1C)C1(CCCCC1)c1cc(C)c(c(C)c1)NC(=S)c1cccc(n1)C(=O)Nc1c(C)cc(cc1C)C21CCCCC1. The van der Waals surface area contributed by atoms with Crippen LogP contribution in [0.2, 0.25) is 0 Å². The van der Waals surface area contributed by atoms with Gasteiger partial charge in [0.25, 0.3) is 17.7 Å². The lowest BCUT2D eigenvalue weighted by Crippen LogP contribution is -2.31. The number of aryl methyl sites for hydroxylation is 8. The largest absolute Gasteiger partial charge is 0.344 e. The van der Waals surface area contributed by atoms with Crippen molar-refractivity contribution in [3.05, 3.63) is 180 Å². The first-order chi connectivity index (χ1) is 34.2. The number of rotatable bonds is 0. The number of nitrogens with one attached hydrogen (secondary N) is 4. The van der Waals surface area contributed by atoms with Crippen LogP contribution in [0.4, 0.5) is 22.7 Å². The van der Waals surface area contributed by atoms with Crippen LogP contribution < -0.4 is 21.3 Å². The monoisotopic (exact) mass is 978 g/mol. The molecule has 2 spiro atoms. The van der Waals surface area contributed by atoms with Gasteiger partial charge in [-0.05, 0) is 189 Å². The molecule has 8 nitrogen and oxygen atoms in total. The van der Waals surface area contributed by atoms with Crippen LogP contribution in [0.3, 0.4) is 0 Å². The molecule has 6 aromatic rings. The highest BCUT2D eigenvalue weighted by atomic mass is 32.1. The fourth-order valence-electron chi connectivity index (χ4n) is 12.3. The van der Waals surface area contributed by atoms with Crippen molar-refractivity contribution in [1.29, 1.82) is 0 Å². The molecule has 10 aliphatic heterocycles. The van der Waals surface area contributed by atoms with Crippen LogP contribution in [0.15, 0.2) is 84.9 Å². The number of benzene rings is 5. The Labute approximate surface area is 432 Å². The molecule has 11 heterocycles. The van der Waals surface area contributed by atoms with Crippen LogP contribution in [0.25, 0.3) is 0 Å². The Kier molecular flexibility index (Phi) is 13.7. The molecule has 5 aromatic carbocycles. The van der Waals surface area contributed by atoms with Gasteiger partial charge in [0.05, 0.1) is 5.69 Å². The molecular formula is C63H71N5O3S. The zero-order chi connectivity index (χ0) is 51.4. The molecule has 2 aliphatic carbocycles. The Morgan fingerprint density at radius 3 is 1.10 bits per heavy atom. The highest BCUT2D eigenvalue weighted by Gasteiger charge is 2.39. The molecule has 9 heteroatoms. The van der Waals surface area contributed by atoms with Crippen molar-refractivity contribution in [1.82, 2.24) is 4.98 Å². The summed E-state index contributed by atoms with van der Waals surface area (Å²) in [6.07, 6.45) is 10.8. The van der Waals surface area contributed by atoms with Crippen LogP contribution in [0.5, 0.6) is 0 Å². The van der Waals surface area contributed by atoms with E-state index in [-0.39, 0.29) is 39.7 Å². The van der Waals surface area contributed by atoms with E-state index in [0.29, 0.717) is 21.8 Å². The van der Waals surface area contributed by atoms with Gasteiger partial charge in [-0.15, -0.1) is 0 Å². The van der Waals surface area contributed by atoms with Crippen molar-refractivity contribution < 1.29 is 14.4 Å². The van der Waals surface area contributed by atoms with Gasteiger partial charge in [0.1, 0.15) is 10.7 Å². The minimum absolute atomic E-state index is 0.221. The van der Waals surface area contributed by atoms with E-state index in [1.54, 1.807) is 12.1 Å². The van der Waals surface area contributed by atoms with E-state index in [1.165, 1.54) is 35.1 Å². The molecule has 0 atom stereocenters. The molecule has 18 rings (SSSR count). The number of hydrogen-bond donors (Lipinski definition) is 4. The quantitative estimate of drug-likeness (QED) is 0.113. The van der Waals surface area contributed by atoms with Gasteiger partial charge in [0, 0.05) is 44.7 Å². The summed E-state index contributed by atoms with van der Waals surface area (Å²) in [6.45, 7) is 23.0. The summed E-state index contributed by atoms with van der Waals surface area (Å²) in [5.74, 6) is -0.806. The summed E-state index contributed by atoms with van der Waals surface area (Å²) >= 11 is 6.03. The van der Waals surface area contributed by atoms with Crippen LogP contribution in [0, 0.1) is 55.4 Å². The first-order valence-corrected chi connectivity index (χ1v) is 26.4. The number of aromatic nitrogens is 1. The fourth-order valence-corrected chi connectivity index (χ4v) is 12.5. The molecule has 0 radical (unpaired) electrons. The van der Waals surface area contributed by atoms with E-state index in [4.69, 9.17) is 17.2 Å². The van der Waals surface area contributed by atoms with Gasteiger partial charge in [-0.3, -0.25) is 14.4 Å². The maximum absolute atomic E-state index is 14.5. The second kappa shape index (κ2) is 19.5. The smallest absolute Gasteiger partial charge is 0.274 e. The highest BCUT2D eigenvalue weighted by Crippen LogP contribution is 2.49. The Morgan fingerprint density at radius 2 is 0.750 bits per heavy atom. The second-order valence-corrected chi connectivity index (χ2v) is 22.9. The predicted octanol–water partition coefficient (Wildman–Crippen LogP) is 15.2. The van der Waals surface area contributed by atoms with Gasteiger partial charge in [-0.25, -0.2) is 4.98 Å². The maximum Gasteiger partial charge on any atom is 0.274 e. The van der Waals surface area contributed by atoms with Crippen molar-refractivity contribution >= 4 is 57.7 Å². The fraction of sp³-hybridized carbons (Fsp3) is 0.381. The summed E-state index contributed by atoms with van der Waals surface area (Å²) < 4.78 is 0. The van der Waals surface area contributed by atoms with Crippen LogP contribution in [0.1, 0.15) is 194 Å². The highest BCUT2D eigenvalue weighted by molar-refractivity contribution is 7.81. The molecule has 2 fully saturated rings. The van der Waals surface area contributed by atoms with Crippen molar-refractivity contribution in [2.45, 2.75) is 157 Å². The first kappa shape index (κ1) is 50.5. The molecular weight excluding hydrogens is 907 g/mol. The number of thiocarbonyl (C=S) groups is 1. The summed E-state index contributed by atoms with van der Waals surface area (Å²) in [5.41, 5.74) is 18.1. The van der Waals surface area contributed by atoms with E-state index >= 15 is 0 Å². The van der Waals surface area contributed by atoms with Crippen molar-refractivity contribution in [3.8, 4) is 0 Å². The van der Waals surface area contributed by atoms with Crippen LogP contribution in [-0.4, -0.2) is 27.7 Å². The van der Waals surface area contributed by atoms with Crippen LogP contribution in [-0.2, 0) is 16.2 Å². The normalized spacial score (nSPS) is 17.0. The van der Waals surface area contributed by atoms with Crippen LogP contribution >= 0.6 is 12.2 Å². The molecule has 0 saturated heterocycles. The van der Waals surface area contributed by atoms with Crippen molar-refractivity contribution in [2.24, 2.45) is 0 Å². The maximum atomic E-state index is 14.5. The van der Waals surface area contributed by atoms with Gasteiger partial charge in [-0.1, -0.05) is 126 Å². The number of anilines is 4. The zero-order valence-electron chi connectivity index (χ0n) is 44.2.